The van der Waals surface area contributed by atoms with Gasteiger partial charge in [-0.2, -0.15) is 8.78 Å². The van der Waals surface area contributed by atoms with Gasteiger partial charge in [-0.25, -0.2) is 9.97 Å². The number of hydrogen-bond donors (Lipinski definition) is 1. The SMILES string of the molecule is FC(F)Oc1ccc(CNc2cc(Cl)nc(C3CC3)n2)nc1. The monoisotopic (exact) mass is 326 g/mol. The molecule has 0 amide bonds. The van der Waals surface area contributed by atoms with Crippen molar-refractivity contribution in [1.29, 1.82) is 0 Å². The van der Waals surface area contributed by atoms with Gasteiger partial charge in [0.15, 0.2) is 0 Å². The zero-order valence-electron chi connectivity index (χ0n) is 11.5. The van der Waals surface area contributed by atoms with E-state index >= 15 is 0 Å². The molecule has 116 valence electrons. The van der Waals surface area contributed by atoms with Crippen LogP contribution in [0.3, 0.4) is 0 Å². The summed E-state index contributed by atoms with van der Waals surface area (Å²) in [6, 6.07) is 4.69. The van der Waals surface area contributed by atoms with E-state index in [-0.39, 0.29) is 5.75 Å². The van der Waals surface area contributed by atoms with Crippen LogP contribution in [0.25, 0.3) is 0 Å². The van der Waals surface area contributed by atoms with E-state index in [9.17, 15) is 8.78 Å². The first-order valence-corrected chi connectivity index (χ1v) is 7.16. The molecular weight excluding hydrogens is 314 g/mol. The molecule has 3 rings (SSSR count). The topological polar surface area (TPSA) is 59.9 Å². The Bertz CT molecular complexity index is 650. The van der Waals surface area contributed by atoms with Gasteiger partial charge in [-0.1, -0.05) is 11.6 Å². The van der Waals surface area contributed by atoms with Gasteiger partial charge in [0, 0.05) is 12.0 Å². The highest BCUT2D eigenvalue weighted by molar-refractivity contribution is 6.29. The minimum atomic E-state index is -2.85. The Kier molecular flexibility index (Phi) is 4.33. The van der Waals surface area contributed by atoms with Crippen molar-refractivity contribution >= 4 is 17.4 Å². The highest BCUT2D eigenvalue weighted by atomic mass is 35.5. The fraction of sp³-hybridized carbons (Fsp3) is 0.357. The normalized spacial score (nSPS) is 14.2. The molecule has 1 aliphatic rings. The van der Waals surface area contributed by atoms with Gasteiger partial charge in [-0.05, 0) is 25.0 Å². The van der Waals surface area contributed by atoms with Crippen LogP contribution in [0.4, 0.5) is 14.6 Å². The number of nitrogens with zero attached hydrogens (tertiary/aromatic N) is 3. The molecule has 0 atom stereocenters. The Labute approximate surface area is 130 Å². The van der Waals surface area contributed by atoms with Gasteiger partial charge in [0.2, 0.25) is 0 Å². The lowest BCUT2D eigenvalue weighted by molar-refractivity contribution is -0.0500. The highest BCUT2D eigenvalue weighted by Crippen LogP contribution is 2.38. The Morgan fingerprint density at radius 1 is 1.32 bits per heavy atom. The summed E-state index contributed by atoms with van der Waals surface area (Å²) in [7, 11) is 0. The van der Waals surface area contributed by atoms with E-state index in [0.717, 1.165) is 18.7 Å². The summed E-state index contributed by atoms with van der Waals surface area (Å²) >= 11 is 5.98. The van der Waals surface area contributed by atoms with Crippen molar-refractivity contribution in [3.05, 3.63) is 41.1 Å². The lowest BCUT2D eigenvalue weighted by Gasteiger charge is -2.08. The summed E-state index contributed by atoms with van der Waals surface area (Å²) in [6.07, 6.45) is 3.44. The van der Waals surface area contributed by atoms with E-state index in [1.165, 1.54) is 12.3 Å². The largest absolute Gasteiger partial charge is 0.433 e. The highest BCUT2D eigenvalue weighted by Gasteiger charge is 2.27. The minimum absolute atomic E-state index is 0.0276. The summed E-state index contributed by atoms with van der Waals surface area (Å²) in [5, 5.41) is 3.49. The van der Waals surface area contributed by atoms with Gasteiger partial charge in [-0.15, -0.1) is 0 Å². The molecule has 1 saturated carbocycles. The number of nitrogens with one attached hydrogen (secondary N) is 1. The quantitative estimate of drug-likeness (QED) is 0.822. The summed E-state index contributed by atoms with van der Waals surface area (Å²) in [5.74, 6) is 1.81. The molecule has 2 aromatic heterocycles. The molecule has 0 unspecified atom stereocenters. The lowest BCUT2D eigenvalue weighted by Crippen LogP contribution is -2.06. The number of rotatable bonds is 6. The predicted molar refractivity (Wildman–Crippen MR) is 77.2 cm³/mol. The fourth-order valence-corrected chi connectivity index (χ4v) is 2.11. The van der Waals surface area contributed by atoms with E-state index in [0.29, 0.717) is 29.1 Å². The van der Waals surface area contributed by atoms with Crippen LogP contribution < -0.4 is 10.1 Å². The Morgan fingerprint density at radius 3 is 2.77 bits per heavy atom. The average molecular weight is 327 g/mol. The second-order valence-electron chi connectivity index (χ2n) is 4.93. The van der Waals surface area contributed by atoms with Crippen LogP contribution in [0.1, 0.15) is 30.3 Å². The predicted octanol–water partition coefficient (Wildman–Crippen LogP) is 3.62. The van der Waals surface area contributed by atoms with Crippen LogP contribution >= 0.6 is 11.6 Å². The van der Waals surface area contributed by atoms with Gasteiger partial charge >= 0.3 is 6.61 Å². The van der Waals surface area contributed by atoms with Crippen molar-refractivity contribution in [1.82, 2.24) is 15.0 Å². The molecule has 0 spiro atoms. The van der Waals surface area contributed by atoms with Gasteiger partial charge in [0.05, 0.1) is 18.4 Å². The van der Waals surface area contributed by atoms with E-state index < -0.39 is 6.61 Å². The molecule has 1 N–H and O–H groups in total. The van der Waals surface area contributed by atoms with Gasteiger partial charge in [0.1, 0.15) is 22.5 Å². The number of pyridine rings is 1. The van der Waals surface area contributed by atoms with Crippen molar-refractivity contribution in [2.75, 3.05) is 5.32 Å². The summed E-state index contributed by atoms with van der Waals surface area (Å²) in [5.41, 5.74) is 0.671. The standard InChI is InChI=1S/C14H13ClF2N4O/c15-11-5-12(21-13(20-11)8-1-2-8)19-6-9-3-4-10(7-18-9)22-14(16)17/h3-5,7-8,14H,1-2,6H2,(H,19,20,21). The molecule has 5 nitrogen and oxygen atoms in total. The third-order valence-corrected chi connectivity index (χ3v) is 3.32. The summed E-state index contributed by atoms with van der Waals surface area (Å²) in [6.45, 7) is -2.46. The first-order chi connectivity index (χ1) is 10.6. The maximum absolute atomic E-state index is 12.0. The minimum Gasteiger partial charge on any atom is -0.433 e. The Morgan fingerprint density at radius 2 is 2.14 bits per heavy atom. The summed E-state index contributed by atoms with van der Waals surface area (Å²) in [4.78, 5) is 12.7. The molecule has 8 heteroatoms. The van der Waals surface area contributed by atoms with Crippen molar-refractivity contribution in [3.63, 3.8) is 0 Å². The molecule has 1 fully saturated rings. The second kappa shape index (κ2) is 6.39. The number of aromatic nitrogens is 3. The molecule has 22 heavy (non-hydrogen) atoms. The van der Waals surface area contributed by atoms with Gasteiger partial charge in [0.25, 0.3) is 0 Å². The molecule has 0 bridgehead atoms. The van der Waals surface area contributed by atoms with E-state index in [1.807, 2.05) is 0 Å². The van der Waals surface area contributed by atoms with E-state index in [2.05, 4.69) is 25.0 Å². The Hall–Kier alpha value is -2.02. The molecule has 2 heterocycles. The molecule has 2 aromatic rings. The van der Waals surface area contributed by atoms with Crippen LogP contribution in [0.2, 0.25) is 5.15 Å². The second-order valence-corrected chi connectivity index (χ2v) is 5.31. The van der Waals surface area contributed by atoms with Crippen LogP contribution in [0.15, 0.2) is 24.4 Å². The maximum atomic E-state index is 12.0. The number of halogens is 3. The van der Waals surface area contributed by atoms with Crippen LogP contribution in [0.5, 0.6) is 5.75 Å². The third-order valence-electron chi connectivity index (χ3n) is 3.13. The summed E-state index contributed by atoms with van der Waals surface area (Å²) < 4.78 is 28.3. The van der Waals surface area contributed by atoms with Gasteiger partial charge in [-0.3, -0.25) is 4.98 Å². The number of hydrogen-bond acceptors (Lipinski definition) is 5. The number of ether oxygens (including phenoxy) is 1. The van der Waals surface area contributed by atoms with Crippen molar-refractivity contribution < 1.29 is 13.5 Å². The molecule has 0 saturated heterocycles. The molecular formula is C14H13ClF2N4O. The van der Waals surface area contributed by atoms with Crippen LogP contribution in [0, 0.1) is 0 Å². The molecule has 0 aromatic carbocycles. The number of alkyl halides is 2. The molecule has 0 aliphatic heterocycles. The Balaban J connectivity index is 1.62. The van der Waals surface area contributed by atoms with Crippen LogP contribution in [-0.2, 0) is 6.54 Å². The third kappa shape index (κ3) is 4.00. The molecule has 1 aliphatic carbocycles. The van der Waals surface area contributed by atoms with Crippen molar-refractivity contribution in [3.8, 4) is 5.75 Å². The maximum Gasteiger partial charge on any atom is 0.387 e. The van der Waals surface area contributed by atoms with Crippen LogP contribution in [-0.4, -0.2) is 21.6 Å². The first-order valence-electron chi connectivity index (χ1n) is 6.78. The first kappa shape index (κ1) is 14.9. The lowest BCUT2D eigenvalue weighted by atomic mass is 10.3. The zero-order valence-corrected chi connectivity index (χ0v) is 12.2. The average Bonchev–Trinajstić information content (AvgIpc) is 3.30. The van der Waals surface area contributed by atoms with E-state index in [4.69, 9.17) is 11.6 Å². The number of anilines is 1. The van der Waals surface area contributed by atoms with Gasteiger partial charge < -0.3 is 10.1 Å². The van der Waals surface area contributed by atoms with Crippen molar-refractivity contribution in [2.45, 2.75) is 31.9 Å². The van der Waals surface area contributed by atoms with Crippen molar-refractivity contribution in [2.24, 2.45) is 0 Å². The zero-order chi connectivity index (χ0) is 15.5. The molecule has 0 radical (unpaired) electrons. The fourth-order valence-electron chi connectivity index (χ4n) is 1.92. The van der Waals surface area contributed by atoms with E-state index in [1.54, 1.807) is 12.1 Å². The smallest absolute Gasteiger partial charge is 0.387 e.